The molecule has 0 aliphatic carbocycles. The van der Waals surface area contributed by atoms with Crippen LogP contribution in [-0.2, 0) is 0 Å². The summed E-state index contributed by atoms with van der Waals surface area (Å²) in [5.74, 6) is 1.97. The van der Waals surface area contributed by atoms with Gasteiger partial charge in [-0.25, -0.2) is 15.0 Å². The SMILES string of the molecule is c1ccc(-c2nc(-c3ccccc3)nc(-c3cccc(-c4cccc(-c5ccc6sc7ccccc7c6c5)c4)c3)n2)cc1. The lowest BCUT2D eigenvalue weighted by molar-refractivity contribution is 1.07. The van der Waals surface area contributed by atoms with Crippen LogP contribution in [0.3, 0.4) is 0 Å². The van der Waals surface area contributed by atoms with Crippen LogP contribution < -0.4 is 0 Å². The van der Waals surface area contributed by atoms with Gasteiger partial charge in [-0.2, -0.15) is 0 Å². The normalized spacial score (nSPS) is 11.3. The van der Waals surface area contributed by atoms with Crippen LogP contribution in [0.15, 0.2) is 152 Å². The highest BCUT2D eigenvalue weighted by atomic mass is 32.1. The molecular formula is C39H25N3S. The first kappa shape index (κ1) is 25.3. The number of hydrogen-bond donors (Lipinski definition) is 0. The number of thiophene rings is 1. The molecule has 3 nitrogen and oxygen atoms in total. The van der Waals surface area contributed by atoms with Crippen molar-refractivity contribution in [3.63, 3.8) is 0 Å². The van der Waals surface area contributed by atoms with E-state index in [4.69, 9.17) is 15.0 Å². The van der Waals surface area contributed by atoms with E-state index in [0.29, 0.717) is 17.5 Å². The Balaban J connectivity index is 1.20. The molecule has 0 bridgehead atoms. The van der Waals surface area contributed by atoms with Gasteiger partial charge in [0.15, 0.2) is 17.5 Å². The van der Waals surface area contributed by atoms with E-state index in [0.717, 1.165) is 27.8 Å². The van der Waals surface area contributed by atoms with Crippen molar-refractivity contribution in [2.45, 2.75) is 0 Å². The average molecular weight is 568 g/mol. The number of nitrogens with zero attached hydrogens (tertiary/aromatic N) is 3. The van der Waals surface area contributed by atoms with Gasteiger partial charge in [0.1, 0.15) is 0 Å². The van der Waals surface area contributed by atoms with Crippen LogP contribution in [0.1, 0.15) is 0 Å². The van der Waals surface area contributed by atoms with Crippen molar-refractivity contribution < 1.29 is 0 Å². The molecule has 0 saturated carbocycles. The fourth-order valence-electron chi connectivity index (χ4n) is 5.56. The molecule has 0 N–H and O–H groups in total. The largest absolute Gasteiger partial charge is 0.208 e. The lowest BCUT2D eigenvalue weighted by atomic mass is 9.97. The lowest BCUT2D eigenvalue weighted by Gasteiger charge is -2.10. The van der Waals surface area contributed by atoms with Crippen molar-refractivity contribution >= 4 is 31.5 Å². The molecule has 2 aromatic heterocycles. The molecule has 2 heterocycles. The highest BCUT2D eigenvalue weighted by Gasteiger charge is 2.13. The number of hydrogen-bond acceptors (Lipinski definition) is 4. The minimum absolute atomic E-state index is 0.653. The van der Waals surface area contributed by atoms with E-state index in [1.54, 1.807) is 0 Å². The molecule has 0 saturated heterocycles. The van der Waals surface area contributed by atoms with Gasteiger partial charge in [-0.15, -0.1) is 11.3 Å². The number of aromatic nitrogens is 3. The second kappa shape index (κ2) is 10.8. The zero-order valence-electron chi connectivity index (χ0n) is 23.2. The van der Waals surface area contributed by atoms with Crippen LogP contribution in [0.4, 0.5) is 0 Å². The lowest BCUT2D eigenvalue weighted by Crippen LogP contribution is -2.00. The van der Waals surface area contributed by atoms with Crippen LogP contribution in [0.5, 0.6) is 0 Å². The topological polar surface area (TPSA) is 38.7 Å². The Morgan fingerprint density at radius 3 is 1.37 bits per heavy atom. The van der Waals surface area contributed by atoms with E-state index in [2.05, 4.69) is 91.0 Å². The highest BCUT2D eigenvalue weighted by Crippen LogP contribution is 2.37. The maximum absolute atomic E-state index is 4.93. The van der Waals surface area contributed by atoms with Gasteiger partial charge in [0, 0.05) is 36.9 Å². The first-order chi connectivity index (χ1) is 21.3. The van der Waals surface area contributed by atoms with E-state index >= 15 is 0 Å². The predicted molar refractivity (Wildman–Crippen MR) is 180 cm³/mol. The molecule has 0 fully saturated rings. The summed E-state index contributed by atoms with van der Waals surface area (Å²) in [4.78, 5) is 14.7. The highest BCUT2D eigenvalue weighted by molar-refractivity contribution is 7.25. The number of fused-ring (bicyclic) bond motifs is 3. The van der Waals surface area contributed by atoms with Crippen molar-refractivity contribution in [1.82, 2.24) is 15.0 Å². The smallest absolute Gasteiger partial charge is 0.164 e. The summed E-state index contributed by atoms with van der Waals surface area (Å²) in [7, 11) is 0. The molecule has 0 radical (unpaired) electrons. The van der Waals surface area contributed by atoms with Crippen molar-refractivity contribution in [1.29, 1.82) is 0 Å². The van der Waals surface area contributed by atoms with Crippen molar-refractivity contribution in [2.24, 2.45) is 0 Å². The summed E-state index contributed by atoms with van der Waals surface area (Å²) in [6, 6.07) is 52.8. The third kappa shape index (κ3) is 4.88. The Hall–Kier alpha value is -5.45. The van der Waals surface area contributed by atoms with Crippen LogP contribution in [-0.4, -0.2) is 15.0 Å². The summed E-state index contributed by atoms with van der Waals surface area (Å²) in [5, 5.41) is 2.62. The standard InChI is InChI=1S/C39H25N3S/c1-3-11-26(12-4-1)37-40-38(27-13-5-2-6-14-27)42-39(41-37)32-18-10-17-30(24-32)28-15-9-16-29(23-28)31-21-22-36-34(25-31)33-19-7-8-20-35(33)43-36/h1-25H. The molecule has 0 spiro atoms. The van der Waals surface area contributed by atoms with Crippen LogP contribution in [0, 0.1) is 0 Å². The Morgan fingerprint density at radius 1 is 0.302 bits per heavy atom. The van der Waals surface area contributed by atoms with Crippen molar-refractivity contribution in [2.75, 3.05) is 0 Å². The van der Waals surface area contributed by atoms with Gasteiger partial charge < -0.3 is 0 Å². The fraction of sp³-hybridized carbons (Fsp3) is 0. The quantitative estimate of drug-likeness (QED) is 0.208. The second-order valence-electron chi connectivity index (χ2n) is 10.5. The van der Waals surface area contributed by atoms with Crippen LogP contribution in [0.2, 0.25) is 0 Å². The van der Waals surface area contributed by atoms with E-state index in [-0.39, 0.29) is 0 Å². The molecular weight excluding hydrogens is 543 g/mol. The van der Waals surface area contributed by atoms with Gasteiger partial charge in [-0.1, -0.05) is 121 Å². The van der Waals surface area contributed by atoms with Gasteiger partial charge in [-0.05, 0) is 52.6 Å². The summed E-state index contributed by atoms with van der Waals surface area (Å²) in [5.41, 5.74) is 7.54. The summed E-state index contributed by atoms with van der Waals surface area (Å²) >= 11 is 1.85. The summed E-state index contributed by atoms with van der Waals surface area (Å²) in [6.07, 6.45) is 0. The molecule has 0 aliphatic rings. The minimum atomic E-state index is 0.653. The molecule has 0 unspecified atom stereocenters. The third-order valence-corrected chi connectivity index (χ3v) is 8.88. The molecule has 8 aromatic rings. The number of rotatable bonds is 5. The molecule has 43 heavy (non-hydrogen) atoms. The molecule has 4 heteroatoms. The van der Waals surface area contributed by atoms with Gasteiger partial charge in [0.25, 0.3) is 0 Å². The molecule has 8 rings (SSSR count). The van der Waals surface area contributed by atoms with E-state index in [1.165, 1.54) is 31.3 Å². The van der Waals surface area contributed by atoms with E-state index in [9.17, 15) is 0 Å². The Kier molecular flexibility index (Phi) is 6.32. The molecule has 0 aliphatic heterocycles. The summed E-state index contributed by atoms with van der Waals surface area (Å²) in [6.45, 7) is 0. The van der Waals surface area contributed by atoms with Gasteiger partial charge in [0.05, 0.1) is 0 Å². The monoisotopic (exact) mass is 567 g/mol. The van der Waals surface area contributed by atoms with Crippen LogP contribution >= 0.6 is 11.3 Å². The zero-order chi connectivity index (χ0) is 28.6. The first-order valence-corrected chi connectivity index (χ1v) is 15.1. The van der Waals surface area contributed by atoms with Gasteiger partial charge >= 0.3 is 0 Å². The summed E-state index contributed by atoms with van der Waals surface area (Å²) < 4.78 is 2.64. The number of benzene rings is 6. The maximum atomic E-state index is 4.93. The molecule has 0 atom stereocenters. The average Bonchev–Trinajstić information content (AvgIpc) is 3.47. The van der Waals surface area contributed by atoms with Gasteiger partial charge in [0.2, 0.25) is 0 Å². The van der Waals surface area contributed by atoms with Crippen molar-refractivity contribution in [3.8, 4) is 56.4 Å². The Bertz CT molecular complexity index is 2180. The fourth-order valence-corrected chi connectivity index (χ4v) is 6.65. The molecule has 0 amide bonds. The first-order valence-electron chi connectivity index (χ1n) is 14.3. The minimum Gasteiger partial charge on any atom is -0.208 e. The van der Waals surface area contributed by atoms with Gasteiger partial charge in [-0.3, -0.25) is 0 Å². The third-order valence-electron chi connectivity index (χ3n) is 7.73. The van der Waals surface area contributed by atoms with E-state index < -0.39 is 0 Å². The van der Waals surface area contributed by atoms with Crippen LogP contribution in [0.25, 0.3) is 76.6 Å². The molecule has 6 aromatic carbocycles. The van der Waals surface area contributed by atoms with E-state index in [1.807, 2.05) is 72.0 Å². The predicted octanol–water partition coefficient (Wildman–Crippen LogP) is 10.6. The second-order valence-corrected chi connectivity index (χ2v) is 11.6. The zero-order valence-corrected chi connectivity index (χ0v) is 24.0. The Morgan fingerprint density at radius 2 is 0.744 bits per heavy atom. The maximum Gasteiger partial charge on any atom is 0.164 e. The Labute approximate surface area is 253 Å². The van der Waals surface area contributed by atoms with Crippen molar-refractivity contribution in [3.05, 3.63) is 152 Å². The molecule has 202 valence electrons.